The lowest BCUT2D eigenvalue weighted by atomic mass is 9.93. The Labute approximate surface area is 128 Å². The summed E-state index contributed by atoms with van der Waals surface area (Å²) >= 11 is 0. The van der Waals surface area contributed by atoms with Gasteiger partial charge in [0.2, 0.25) is 0 Å². The Kier molecular flexibility index (Phi) is 3.54. The van der Waals surface area contributed by atoms with Crippen molar-refractivity contribution in [2.24, 2.45) is 5.92 Å². The quantitative estimate of drug-likeness (QED) is 0.871. The highest BCUT2D eigenvalue weighted by molar-refractivity contribution is 6.04. The number of hydrogen-bond donors (Lipinski definition) is 2. The average Bonchev–Trinajstić information content (AvgIpc) is 3.00. The zero-order valence-electron chi connectivity index (χ0n) is 12.8. The van der Waals surface area contributed by atoms with Crippen molar-refractivity contribution in [3.63, 3.8) is 0 Å². The third-order valence-corrected chi connectivity index (χ3v) is 4.98. The molecular formula is C16H20N2O4. The second kappa shape index (κ2) is 5.26. The summed E-state index contributed by atoms with van der Waals surface area (Å²) in [6, 6.07) is -0.333. The normalized spacial score (nSPS) is 24.5. The number of aromatic nitrogens is 1. The van der Waals surface area contributed by atoms with Crippen LogP contribution in [0.1, 0.15) is 58.3 Å². The Morgan fingerprint density at radius 3 is 2.64 bits per heavy atom. The summed E-state index contributed by atoms with van der Waals surface area (Å²) < 4.78 is 0. The van der Waals surface area contributed by atoms with Gasteiger partial charge < -0.3 is 15.0 Å². The highest BCUT2D eigenvalue weighted by Gasteiger charge is 2.39. The van der Waals surface area contributed by atoms with Gasteiger partial charge in [0.1, 0.15) is 5.69 Å². The van der Waals surface area contributed by atoms with Crippen molar-refractivity contribution < 1.29 is 19.5 Å². The molecule has 0 aromatic carbocycles. The lowest BCUT2D eigenvalue weighted by molar-refractivity contribution is -0.142. The highest BCUT2D eigenvalue weighted by atomic mass is 16.4. The number of amides is 1. The fraction of sp³-hybridized carbons (Fsp3) is 0.562. The molecule has 1 aliphatic carbocycles. The first-order chi connectivity index (χ1) is 10.4. The van der Waals surface area contributed by atoms with Gasteiger partial charge in [0.15, 0.2) is 5.78 Å². The minimum absolute atomic E-state index is 0.0898. The molecule has 1 aromatic rings. The fourth-order valence-electron chi connectivity index (χ4n) is 3.69. The molecule has 1 fully saturated rings. The minimum atomic E-state index is -0.861. The molecule has 1 saturated heterocycles. The first kappa shape index (κ1) is 14.8. The van der Waals surface area contributed by atoms with Gasteiger partial charge in [-0.15, -0.1) is 0 Å². The van der Waals surface area contributed by atoms with E-state index in [1.54, 1.807) is 18.7 Å². The molecule has 6 heteroatoms. The average molecular weight is 304 g/mol. The summed E-state index contributed by atoms with van der Waals surface area (Å²) in [6.45, 7) is 4.00. The number of hydrogen-bond acceptors (Lipinski definition) is 3. The minimum Gasteiger partial charge on any atom is -0.481 e. The van der Waals surface area contributed by atoms with E-state index in [1.807, 2.05) is 0 Å². The number of carboxylic acids is 1. The summed E-state index contributed by atoms with van der Waals surface area (Å²) in [5.74, 6) is -1.49. The Balaban J connectivity index is 1.91. The predicted molar refractivity (Wildman–Crippen MR) is 79.0 cm³/mol. The van der Waals surface area contributed by atoms with Gasteiger partial charge in [0, 0.05) is 30.3 Å². The standard InChI is InChI=1S/C16H20N2O4/c1-8-13-11(4-3-5-12(13)19)17-14(8)15(20)18-7-6-10(9(18)2)16(21)22/h9-10,17H,3-7H2,1-2H3,(H,21,22). The molecule has 6 nitrogen and oxygen atoms in total. The molecule has 22 heavy (non-hydrogen) atoms. The Morgan fingerprint density at radius 2 is 2.05 bits per heavy atom. The van der Waals surface area contributed by atoms with Crippen LogP contribution in [0.3, 0.4) is 0 Å². The lowest BCUT2D eigenvalue weighted by Crippen LogP contribution is -2.38. The maximum absolute atomic E-state index is 12.8. The number of aryl methyl sites for hydroxylation is 1. The number of Topliss-reactive ketones (excluding diaryl/α,β-unsaturated/α-hetero) is 1. The molecule has 1 aromatic heterocycles. The largest absolute Gasteiger partial charge is 0.481 e. The Morgan fingerprint density at radius 1 is 1.32 bits per heavy atom. The van der Waals surface area contributed by atoms with Gasteiger partial charge in [-0.1, -0.05) is 0 Å². The number of aliphatic carboxylic acids is 1. The summed E-state index contributed by atoms with van der Waals surface area (Å²) in [4.78, 5) is 40.7. The second-order valence-electron chi connectivity index (χ2n) is 6.23. The van der Waals surface area contributed by atoms with E-state index in [4.69, 9.17) is 0 Å². The topological polar surface area (TPSA) is 90.5 Å². The number of H-pyrrole nitrogens is 1. The Hall–Kier alpha value is -2.11. The van der Waals surface area contributed by atoms with Gasteiger partial charge in [-0.2, -0.15) is 0 Å². The summed E-state index contributed by atoms with van der Waals surface area (Å²) in [5.41, 5.74) is 2.66. The first-order valence-electron chi connectivity index (χ1n) is 7.70. The number of carbonyl (C=O) groups is 3. The number of rotatable bonds is 2. The second-order valence-corrected chi connectivity index (χ2v) is 6.23. The van der Waals surface area contributed by atoms with Crippen molar-refractivity contribution in [3.05, 3.63) is 22.5 Å². The molecule has 0 radical (unpaired) electrons. The molecule has 0 bridgehead atoms. The molecule has 0 saturated carbocycles. The van der Waals surface area contributed by atoms with Crippen LogP contribution in [-0.2, 0) is 11.2 Å². The van der Waals surface area contributed by atoms with Gasteiger partial charge in [0.25, 0.3) is 5.91 Å². The van der Waals surface area contributed by atoms with Gasteiger partial charge in [-0.25, -0.2) is 0 Å². The molecular weight excluding hydrogens is 284 g/mol. The van der Waals surface area contributed by atoms with Crippen LogP contribution in [0.4, 0.5) is 0 Å². The number of nitrogens with one attached hydrogen (secondary N) is 1. The lowest BCUT2D eigenvalue weighted by Gasteiger charge is -2.23. The van der Waals surface area contributed by atoms with Gasteiger partial charge in [0.05, 0.1) is 5.92 Å². The van der Waals surface area contributed by atoms with E-state index < -0.39 is 11.9 Å². The van der Waals surface area contributed by atoms with Crippen molar-refractivity contribution in [2.75, 3.05) is 6.54 Å². The zero-order chi connectivity index (χ0) is 16.0. The number of ketones is 1. The number of carboxylic acid groups (broad SMARTS) is 1. The van der Waals surface area contributed by atoms with Crippen LogP contribution in [0.2, 0.25) is 0 Å². The van der Waals surface area contributed by atoms with E-state index in [2.05, 4.69) is 4.98 Å². The molecule has 3 rings (SSSR count). The van der Waals surface area contributed by atoms with Gasteiger partial charge >= 0.3 is 5.97 Å². The molecule has 1 aliphatic heterocycles. The van der Waals surface area contributed by atoms with E-state index in [0.717, 1.165) is 18.5 Å². The zero-order valence-corrected chi connectivity index (χ0v) is 12.8. The van der Waals surface area contributed by atoms with Crippen molar-refractivity contribution in [1.29, 1.82) is 0 Å². The van der Waals surface area contributed by atoms with Crippen molar-refractivity contribution >= 4 is 17.7 Å². The summed E-state index contributed by atoms with van der Waals surface area (Å²) in [5, 5.41) is 9.19. The molecule has 2 atom stereocenters. The molecule has 2 N–H and O–H groups in total. The maximum atomic E-state index is 12.8. The van der Waals surface area contributed by atoms with E-state index in [0.29, 0.717) is 36.2 Å². The SMILES string of the molecule is Cc1c(C(=O)N2CCC(C(=O)O)C2C)[nH]c2c1C(=O)CCC2. The smallest absolute Gasteiger partial charge is 0.308 e. The molecule has 0 spiro atoms. The van der Waals surface area contributed by atoms with Crippen LogP contribution in [0.25, 0.3) is 0 Å². The van der Waals surface area contributed by atoms with Crippen LogP contribution in [-0.4, -0.2) is 45.2 Å². The van der Waals surface area contributed by atoms with Crippen LogP contribution in [0.5, 0.6) is 0 Å². The number of carbonyl (C=O) groups excluding carboxylic acids is 2. The molecule has 2 unspecified atom stereocenters. The summed E-state index contributed by atoms with van der Waals surface area (Å²) in [7, 11) is 0. The van der Waals surface area contributed by atoms with Gasteiger partial charge in [-0.05, 0) is 38.7 Å². The number of nitrogens with zero attached hydrogens (tertiary/aromatic N) is 1. The number of likely N-dealkylation sites (tertiary alicyclic amines) is 1. The maximum Gasteiger partial charge on any atom is 0.308 e. The Bertz CT molecular complexity index is 661. The molecule has 2 heterocycles. The van der Waals surface area contributed by atoms with Crippen molar-refractivity contribution in [3.8, 4) is 0 Å². The van der Waals surface area contributed by atoms with E-state index in [1.165, 1.54) is 0 Å². The third-order valence-electron chi connectivity index (χ3n) is 4.98. The molecule has 2 aliphatic rings. The van der Waals surface area contributed by atoms with Crippen molar-refractivity contribution in [2.45, 2.75) is 45.6 Å². The molecule has 1 amide bonds. The van der Waals surface area contributed by atoms with E-state index in [9.17, 15) is 19.5 Å². The van der Waals surface area contributed by atoms with Crippen LogP contribution in [0.15, 0.2) is 0 Å². The van der Waals surface area contributed by atoms with Crippen LogP contribution < -0.4 is 0 Å². The first-order valence-corrected chi connectivity index (χ1v) is 7.70. The van der Waals surface area contributed by atoms with Crippen molar-refractivity contribution in [1.82, 2.24) is 9.88 Å². The van der Waals surface area contributed by atoms with Crippen LogP contribution in [0, 0.1) is 12.8 Å². The van der Waals surface area contributed by atoms with E-state index >= 15 is 0 Å². The predicted octanol–water partition coefficient (Wildman–Crippen LogP) is 1.78. The number of aromatic amines is 1. The number of fused-ring (bicyclic) bond motifs is 1. The fourth-order valence-corrected chi connectivity index (χ4v) is 3.69. The highest BCUT2D eigenvalue weighted by Crippen LogP contribution is 2.30. The monoisotopic (exact) mass is 304 g/mol. The third kappa shape index (κ3) is 2.14. The van der Waals surface area contributed by atoms with E-state index in [-0.39, 0.29) is 17.7 Å². The summed E-state index contributed by atoms with van der Waals surface area (Å²) in [6.07, 6.45) is 2.59. The molecule has 118 valence electrons. The van der Waals surface area contributed by atoms with Gasteiger partial charge in [-0.3, -0.25) is 14.4 Å². The van der Waals surface area contributed by atoms with Crippen LogP contribution >= 0.6 is 0 Å².